The van der Waals surface area contributed by atoms with Crippen molar-refractivity contribution in [2.24, 2.45) is 46.3 Å². The van der Waals surface area contributed by atoms with Crippen molar-refractivity contribution in [3.63, 3.8) is 0 Å². The Bertz CT molecular complexity index is 714. The van der Waals surface area contributed by atoms with Crippen molar-refractivity contribution in [1.82, 2.24) is 0 Å². The smallest absolute Gasteiger partial charge is 0.316 e. The second-order valence-electron chi connectivity index (χ2n) is 12.8. The molecule has 0 spiro atoms. The lowest BCUT2D eigenvalue weighted by Crippen LogP contribution is -2.51. The van der Waals surface area contributed by atoms with E-state index in [4.69, 9.17) is 4.74 Å². The van der Waals surface area contributed by atoms with Gasteiger partial charge in [-0.15, -0.1) is 0 Å². The Balaban J connectivity index is 1.45. The highest BCUT2D eigenvalue weighted by atomic mass is 127. The van der Waals surface area contributed by atoms with Gasteiger partial charge in [0.1, 0.15) is 6.10 Å². The molecule has 4 aliphatic rings. The molecule has 0 aliphatic heterocycles. The Morgan fingerprint density at radius 2 is 1.88 bits per heavy atom. The van der Waals surface area contributed by atoms with Crippen molar-refractivity contribution >= 4 is 28.6 Å². The highest BCUT2D eigenvalue weighted by Crippen LogP contribution is 2.67. The molecule has 7 unspecified atom stereocenters. The summed E-state index contributed by atoms with van der Waals surface area (Å²) in [5.41, 5.74) is 2.53. The minimum atomic E-state index is -0.0403. The van der Waals surface area contributed by atoms with E-state index in [9.17, 15) is 4.79 Å². The normalized spacial score (nSPS) is 42.0. The van der Waals surface area contributed by atoms with E-state index in [2.05, 4.69) is 63.3 Å². The summed E-state index contributed by atoms with van der Waals surface area (Å²) >= 11 is 2.12. The zero-order valence-electron chi connectivity index (χ0n) is 21.3. The van der Waals surface area contributed by atoms with Crippen LogP contribution in [0.25, 0.3) is 0 Å². The van der Waals surface area contributed by atoms with E-state index in [0.29, 0.717) is 15.3 Å². The zero-order chi connectivity index (χ0) is 23.1. The maximum absolute atomic E-state index is 11.8. The van der Waals surface area contributed by atoms with Gasteiger partial charge in [0.05, 0.1) is 4.43 Å². The number of halogens is 1. The van der Waals surface area contributed by atoms with Crippen LogP contribution < -0.4 is 0 Å². The number of allylic oxidation sites excluding steroid dienone is 1. The SMILES string of the molecule is CC(C)CCCC(C)C1CCC2C3CC=C4CC(OC(=O)CI)CC[C@]4(C)C3CCC12C. The van der Waals surface area contributed by atoms with Gasteiger partial charge >= 0.3 is 5.97 Å². The van der Waals surface area contributed by atoms with Crippen molar-refractivity contribution < 1.29 is 9.53 Å². The van der Waals surface area contributed by atoms with Gasteiger partial charge < -0.3 is 4.74 Å². The van der Waals surface area contributed by atoms with E-state index in [0.717, 1.165) is 48.3 Å². The van der Waals surface area contributed by atoms with Gasteiger partial charge in [0.15, 0.2) is 0 Å². The Hall–Kier alpha value is -0.0600. The fraction of sp³-hybridized carbons (Fsp3) is 0.897. The minimum absolute atomic E-state index is 0.0403. The van der Waals surface area contributed by atoms with Crippen LogP contribution in [0.15, 0.2) is 11.6 Å². The lowest BCUT2D eigenvalue weighted by molar-refractivity contribution is -0.147. The van der Waals surface area contributed by atoms with Gasteiger partial charge in [-0.25, -0.2) is 0 Å². The molecular formula is C29H47IO2. The third kappa shape index (κ3) is 4.59. The van der Waals surface area contributed by atoms with Crippen molar-refractivity contribution in [3.8, 4) is 0 Å². The van der Waals surface area contributed by atoms with Crippen molar-refractivity contribution in [3.05, 3.63) is 11.6 Å². The lowest BCUT2D eigenvalue weighted by atomic mass is 9.47. The molecule has 0 aromatic rings. The number of fused-ring (bicyclic) bond motifs is 5. The number of hydrogen-bond acceptors (Lipinski definition) is 2. The van der Waals surface area contributed by atoms with Gasteiger partial charge in [0, 0.05) is 6.42 Å². The quantitative estimate of drug-likeness (QED) is 0.137. The minimum Gasteiger partial charge on any atom is -0.461 e. The van der Waals surface area contributed by atoms with Crippen molar-refractivity contribution in [2.75, 3.05) is 4.43 Å². The first-order valence-corrected chi connectivity index (χ1v) is 15.2. The number of hydrogen-bond donors (Lipinski definition) is 0. The maximum atomic E-state index is 11.8. The van der Waals surface area contributed by atoms with E-state index < -0.39 is 0 Å². The van der Waals surface area contributed by atoms with Crippen molar-refractivity contribution in [2.45, 2.75) is 111 Å². The maximum Gasteiger partial charge on any atom is 0.316 e. The van der Waals surface area contributed by atoms with Crippen LogP contribution in [-0.2, 0) is 9.53 Å². The van der Waals surface area contributed by atoms with E-state index in [-0.39, 0.29) is 12.1 Å². The number of carbonyl (C=O) groups excluding carboxylic acids is 1. The zero-order valence-corrected chi connectivity index (χ0v) is 23.5. The Labute approximate surface area is 211 Å². The first-order valence-electron chi connectivity index (χ1n) is 13.6. The van der Waals surface area contributed by atoms with Crippen LogP contribution in [0.4, 0.5) is 0 Å². The predicted octanol–water partition coefficient (Wildman–Crippen LogP) is 8.37. The highest BCUT2D eigenvalue weighted by Gasteiger charge is 2.59. The van der Waals surface area contributed by atoms with Gasteiger partial charge in [-0.2, -0.15) is 0 Å². The summed E-state index contributed by atoms with van der Waals surface area (Å²) in [6, 6.07) is 0. The monoisotopic (exact) mass is 554 g/mol. The molecule has 4 aliphatic carbocycles. The second kappa shape index (κ2) is 9.90. The lowest BCUT2D eigenvalue weighted by Gasteiger charge is -2.58. The number of carbonyl (C=O) groups is 1. The second-order valence-corrected chi connectivity index (χ2v) is 13.5. The molecule has 0 N–H and O–H groups in total. The molecule has 2 nitrogen and oxygen atoms in total. The molecule has 3 heteroatoms. The molecule has 0 heterocycles. The van der Waals surface area contributed by atoms with Crippen LogP contribution in [0.2, 0.25) is 0 Å². The number of alkyl halides is 1. The van der Waals surface area contributed by atoms with Gasteiger partial charge in [0.2, 0.25) is 0 Å². The molecule has 32 heavy (non-hydrogen) atoms. The molecule has 0 aromatic carbocycles. The summed E-state index contributed by atoms with van der Waals surface area (Å²) in [7, 11) is 0. The first-order chi connectivity index (χ1) is 15.2. The highest BCUT2D eigenvalue weighted by molar-refractivity contribution is 14.1. The van der Waals surface area contributed by atoms with Crippen LogP contribution in [0.5, 0.6) is 0 Å². The standard InChI is InChI=1S/C29H47IO2/c1-19(2)7-6-8-20(3)24-11-12-25-23-10-9-21-17-22(32-27(31)18-30)13-15-28(21,4)26(23)14-16-29(24,25)5/h9,19-20,22-26H,6-8,10-18H2,1-5H3/t20?,22?,23?,24?,25?,26?,28-,29?/m0/s1. The molecule has 182 valence electrons. The topological polar surface area (TPSA) is 26.3 Å². The average molecular weight is 555 g/mol. The molecule has 0 radical (unpaired) electrons. The molecule has 0 amide bonds. The molecule has 0 saturated heterocycles. The van der Waals surface area contributed by atoms with Gasteiger partial charge in [-0.1, -0.05) is 88.1 Å². The fourth-order valence-electron chi connectivity index (χ4n) is 8.97. The third-order valence-corrected chi connectivity index (χ3v) is 11.3. The Kier molecular flexibility index (Phi) is 7.75. The third-order valence-electron chi connectivity index (χ3n) is 10.7. The summed E-state index contributed by atoms with van der Waals surface area (Å²) < 4.78 is 6.22. The van der Waals surface area contributed by atoms with E-state index >= 15 is 0 Å². The summed E-state index contributed by atoms with van der Waals surface area (Å²) in [6.07, 6.45) is 17.3. The van der Waals surface area contributed by atoms with Crippen LogP contribution in [0.3, 0.4) is 0 Å². The molecule has 0 aromatic heterocycles. The summed E-state index contributed by atoms with van der Waals surface area (Å²) in [5, 5.41) is 0. The molecule has 0 bridgehead atoms. The molecule has 4 rings (SSSR count). The summed E-state index contributed by atoms with van der Waals surface area (Å²) in [6.45, 7) is 12.6. The molecular weight excluding hydrogens is 507 g/mol. The van der Waals surface area contributed by atoms with Gasteiger partial charge in [0.25, 0.3) is 0 Å². The number of rotatable bonds is 7. The number of ether oxygens (including phenoxy) is 1. The van der Waals surface area contributed by atoms with Crippen LogP contribution in [0, 0.1) is 46.3 Å². The van der Waals surface area contributed by atoms with Crippen molar-refractivity contribution in [1.29, 1.82) is 0 Å². The molecule has 3 saturated carbocycles. The van der Waals surface area contributed by atoms with Crippen LogP contribution >= 0.6 is 22.6 Å². The van der Waals surface area contributed by atoms with E-state index in [1.54, 1.807) is 5.57 Å². The number of esters is 1. The largest absolute Gasteiger partial charge is 0.461 e. The average Bonchev–Trinajstić information content (AvgIpc) is 3.11. The van der Waals surface area contributed by atoms with Gasteiger partial charge in [-0.3, -0.25) is 4.79 Å². The Morgan fingerprint density at radius 3 is 2.59 bits per heavy atom. The molecule has 3 fully saturated rings. The Morgan fingerprint density at radius 1 is 1.09 bits per heavy atom. The van der Waals surface area contributed by atoms with Gasteiger partial charge in [-0.05, 0) is 91.3 Å². The first kappa shape index (κ1) is 25.0. The van der Waals surface area contributed by atoms with E-state index in [1.807, 2.05) is 0 Å². The summed E-state index contributed by atoms with van der Waals surface area (Å²) in [4.78, 5) is 11.8. The predicted molar refractivity (Wildman–Crippen MR) is 142 cm³/mol. The fourth-order valence-corrected chi connectivity index (χ4v) is 9.15. The molecule has 8 atom stereocenters. The van der Waals surface area contributed by atoms with Crippen LogP contribution in [0.1, 0.15) is 105 Å². The van der Waals surface area contributed by atoms with E-state index in [1.165, 1.54) is 57.8 Å². The van der Waals surface area contributed by atoms with Crippen LogP contribution in [-0.4, -0.2) is 16.5 Å². The summed E-state index contributed by atoms with van der Waals surface area (Å²) in [5.74, 6) is 5.26.